The Bertz CT molecular complexity index is 361. The van der Waals surface area contributed by atoms with Crippen LogP contribution in [0, 0.1) is 10.8 Å². The van der Waals surface area contributed by atoms with Crippen molar-refractivity contribution in [2.75, 3.05) is 6.54 Å². The Morgan fingerprint density at radius 3 is 2.05 bits per heavy atom. The van der Waals surface area contributed by atoms with E-state index >= 15 is 0 Å². The molecule has 110 valence electrons. The predicted octanol–water partition coefficient (Wildman–Crippen LogP) is 3.73. The zero-order valence-electron chi connectivity index (χ0n) is 13.6. The van der Waals surface area contributed by atoms with Crippen molar-refractivity contribution in [1.29, 1.82) is 0 Å². The van der Waals surface area contributed by atoms with Crippen molar-refractivity contribution in [3.8, 4) is 0 Å². The minimum atomic E-state index is -0.329. The maximum Gasteiger partial charge on any atom is 0.163 e. The second kappa shape index (κ2) is 6.88. The van der Waals surface area contributed by atoms with Gasteiger partial charge in [-0.1, -0.05) is 47.6 Å². The number of carbonyl (C=O) groups is 1. The number of rotatable bonds is 5. The zero-order valence-corrected chi connectivity index (χ0v) is 13.6. The van der Waals surface area contributed by atoms with Crippen LogP contribution >= 0.6 is 0 Å². The highest BCUT2D eigenvalue weighted by atomic mass is 16.1. The molecule has 0 aliphatic carbocycles. The summed E-state index contributed by atoms with van der Waals surface area (Å²) in [6.07, 6.45) is 3.60. The normalized spacial score (nSPS) is 14.7. The standard InChI is InChI=1S/C16H30N2O/c1-12(17)18-10-8-9-13(11-15(2,3)4)14(19)16(5,6)7/h9H,8,10-11H2,1-7H3,(H2,17,18)/b13-9-. The van der Waals surface area contributed by atoms with E-state index in [9.17, 15) is 4.79 Å². The van der Waals surface area contributed by atoms with E-state index in [0.717, 1.165) is 18.4 Å². The van der Waals surface area contributed by atoms with Crippen molar-refractivity contribution in [2.45, 2.75) is 61.3 Å². The smallest absolute Gasteiger partial charge is 0.163 e. The van der Waals surface area contributed by atoms with Crippen LogP contribution in [0.2, 0.25) is 0 Å². The zero-order chi connectivity index (χ0) is 15.3. The Kier molecular flexibility index (Phi) is 6.47. The molecule has 2 N–H and O–H groups in total. The molecule has 0 rings (SSSR count). The minimum Gasteiger partial charge on any atom is -0.388 e. The molecule has 0 saturated heterocycles. The fourth-order valence-electron chi connectivity index (χ4n) is 1.78. The minimum absolute atomic E-state index is 0.111. The Balaban J connectivity index is 4.92. The topological polar surface area (TPSA) is 55.4 Å². The van der Waals surface area contributed by atoms with Crippen LogP contribution in [0.15, 0.2) is 16.6 Å². The highest BCUT2D eigenvalue weighted by Crippen LogP contribution is 2.30. The SMILES string of the molecule is CC(N)=NCC/C=C(/CC(C)(C)C)C(=O)C(C)(C)C. The summed E-state index contributed by atoms with van der Waals surface area (Å²) in [5, 5.41) is 0. The monoisotopic (exact) mass is 266 g/mol. The number of hydrogen-bond acceptors (Lipinski definition) is 2. The van der Waals surface area contributed by atoms with Gasteiger partial charge in [0.15, 0.2) is 5.78 Å². The largest absolute Gasteiger partial charge is 0.388 e. The van der Waals surface area contributed by atoms with E-state index in [1.807, 2.05) is 26.8 Å². The second-order valence-corrected chi connectivity index (χ2v) is 7.36. The first-order valence-electron chi connectivity index (χ1n) is 6.94. The van der Waals surface area contributed by atoms with Crippen LogP contribution in [0.25, 0.3) is 0 Å². The lowest BCUT2D eigenvalue weighted by molar-refractivity contribution is -0.122. The predicted molar refractivity (Wildman–Crippen MR) is 83.4 cm³/mol. The summed E-state index contributed by atoms with van der Waals surface area (Å²) in [6.45, 7) is 14.8. The molecule has 0 amide bonds. The van der Waals surface area contributed by atoms with E-state index in [4.69, 9.17) is 5.73 Å². The first kappa shape index (κ1) is 17.9. The molecule has 19 heavy (non-hydrogen) atoms. The molecule has 3 heteroatoms. The quantitative estimate of drug-likeness (QED) is 0.357. The Labute approximate surface area is 118 Å². The molecule has 0 aromatic heterocycles. The molecule has 0 radical (unpaired) electrons. The summed E-state index contributed by atoms with van der Waals surface area (Å²) in [5.74, 6) is 0.823. The molecule has 0 unspecified atom stereocenters. The van der Waals surface area contributed by atoms with Crippen molar-refractivity contribution in [2.24, 2.45) is 21.6 Å². The third kappa shape index (κ3) is 8.57. The summed E-state index contributed by atoms with van der Waals surface area (Å²) in [7, 11) is 0. The molecule has 0 aliphatic rings. The molecule has 0 aromatic rings. The first-order valence-corrected chi connectivity index (χ1v) is 6.94. The highest BCUT2D eigenvalue weighted by molar-refractivity contribution is 5.99. The van der Waals surface area contributed by atoms with Gasteiger partial charge in [-0.05, 0) is 30.8 Å². The van der Waals surface area contributed by atoms with Crippen molar-refractivity contribution in [3.05, 3.63) is 11.6 Å². The van der Waals surface area contributed by atoms with E-state index in [2.05, 4.69) is 25.8 Å². The van der Waals surface area contributed by atoms with Crippen LogP contribution in [0.4, 0.5) is 0 Å². The number of nitrogens with two attached hydrogens (primary N) is 1. The molecule has 0 bridgehead atoms. The van der Waals surface area contributed by atoms with Gasteiger partial charge in [0.05, 0.1) is 5.84 Å². The lowest BCUT2D eigenvalue weighted by Gasteiger charge is -2.25. The number of ketones is 1. The number of amidine groups is 1. The second-order valence-electron chi connectivity index (χ2n) is 7.36. The third-order valence-corrected chi connectivity index (χ3v) is 2.57. The molecular weight excluding hydrogens is 236 g/mol. The van der Waals surface area contributed by atoms with Gasteiger partial charge < -0.3 is 5.73 Å². The fourth-order valence-corrected chi connectivity index (χ4v) is 1.78. The summed E-state index contributed by atoms with van der Waals surface area (Å²) >= 11 is 0. The van der Waals surface area contributed by atoms with E-state index in [0.29, 0.717) is 12.4 Å². The lowest BCUT2D eigenvalue weighted by atomic mass is 9.79. The van der Waals surface area contributed by atoms with Crippen LogP contribution in [-0.4, -0.2) is 18.2 Å². The molecule has 0 heterocycles. The van der Waals surface area contributed by atoms with Gasteiger partial charge in [-0.3, -0.25) is 9.79 Å². The van der Waals surface area contributed by atoms with Crippen LogP contribution in [0.3, 0.4) is 0 Å². The molecular formula is C16H30N2O. The van der Waals surface area contributed by atoms with Gasteiger partial charge in [0, 0.05) is 12.0 Å². The maximum absolute atomic E-state index is 12.4. The van der Waals surface area contributed by atoms with Crippen molar-refractivity contribution >= 4 is 11.6 Å². The molecule has 0 aromatic carbocycles. The van der Waals surface area contributed by atoms with E-state index in [1.54, 1.807) is 6.92 Å². The fraction of sp³-hybridized carbons (Fsp3) is 0.750. The number of aliphatic imine (C=N–C) groups is 1. The van der Waals surface area contributed by atoms with E-state index in [-0.39, 0.29) is 16.6 Å². The Morgan fingerprint density at radius 2 is 1.68 bits per heavy atom. The van der Waals surface area contributed by atoms with E-state index < -0.39 is 0 Å². The van der Waals surface area contributed by atoms with Gasteiger partial charge in [-0.2, -0.15) is 0 Å². The average Bonchev–Trinajstić information content (AvgIpc) is 2.18. The Hall–Kier alpha value is -1.12. The number of hydrogen-bond donors (Lipinski definition) is 1. The number of Topliss-reactive ketones (excluding diaryl/α,β-unsaturated/α-hetero) is 1. The molecule has 0 saturated carbocycles. The van der Waals surface area contributed by atoms with Gasteiger partial charge in [0.25, 0.3) is 0 Å². The number of nitrogens with zero attached hydrogens (tertiary/aromatic N) is 1. The average molecular weight is 266 g/mol. The number of carbonyl (C=O) groups excluding carboxylic acids is 1. The van der Waals surface area contributed by atoms with Gasteiger partial charge >= 0.3 is 0 Å². The third-order valence-electron chi connectivity index (χ3n) is 2.57. The van der Waals surface area contributed by atoms with E-state index in [1.165, 1.54) is 0 Å². The first-order chi connectivity index (χ1) is 8.43. The number of allylic oxidation sites excluding steroid dienone is 1. The molecule has 0 fully saturated rings. The summed E-state index contributed by atoms with van der Waals surface area (Å²) in [4.78, 5) is 16.6. The van der Waals surface area contributed by atoms with Gasteiger partial charge in [-0.15, -0.1) is 0 Å². The maximum atomic E-state index is 12.4. The van der Waals surface area contributed by atoms with Crippen molar-refractivity contribution < 1.29 is 4.79 Å². The highest BCUT2D eigenvalue weighted by Gasteiger charge is 2.27. The van der Waals surface area contributed by atoms with Crippen LogP contribution < -0.4 is 5.73 Å². The van der Waals surface area contributed by atoms with Crippen LogP contribution in [0.5, 0.6) is 0 Å². The summed E-state index contributed by atoms with van der Waals surface area (Å²) in [5.41, 5.74) is 6.21. The molecule has 0 spiro atoms. The summed E-state index contributed by atoms with van der Waals surface area (Å²) in [6, 6.07) is 0. The van der Waals surface area contributed by atoms with Gasteiger partial charge in [0.2, 0.25) is 0 Å². The Morgan fingerprint density at radius 1 is 1.16 bits per heavy atom. The molecule has 3 nitrogen and oxygen atoms in total. The summed E-state index contributed by atoms with van der Waals surface area (Å²) < 4.78 is 0. The lowest BCUT2D eigenvalue weighted by Crippen LogP contribution is -2.24. The van der Waals surface area contributed by atoms with Crippen molar-refractivity contribution in [1.82, 2.24) is 0 Å². The molecule has 0 aliphatic heterocycles. The van der Waals surface area contributed by atoms with Gasteiger partial charge in [-0.25, -0.2) is 0 Å². The van der Waals surface area contributed by atoms with Gasteiger partial charge in [0.1, 0.15) is 0 Å². The van der Waals surface area contributed by atoms with Crippen molar-refractivity contribution in [3.63, 3.8) is 0 Å². The molecule has 0 atom stereocenters. The van der Waals surface area contributed by atoms with Crippen LogP contribution in [-0.2, 0) is 4.79 Å². The van der Waals surface area contributed by atoms with Crippen LogP contribution in [0.1, 0.15) is 61.3 Å².